The summed E-state index contributed by atoms with van der Waals surface area (Å²) in [5.74, 6) is -0.955. The highest BCUT2D eigenvalue weighted by molar-refractivity contribution is 7.14. The Morgan fingerprint density at radius 2 is 2.03 bits per heavy atom. The van der Waals surface area contributed by atoms with Crippen LogP contribution in [-0.4, -0.2) is 52.1 Å². The monoisotopic (exact) mass is 506 g/mol. The number of likely N-dealkylation sites (tertiary alicyclic amines) is 1. The van der Waals surface area contributed by atoms with Crippen LogP contribution < -0.4 is 10.1 Å². The molecule has 0 radical (unpaired) electrons. The zero-order valence-corrected chi connectivity index (χ0v) is 20.5. The average Bonchev–Trinajstić information content (AvgIpc) is 3.64. The van der Waals surface area contributed by atoms with Gasteiger partial charge < -0.3 is 9.64 Å². The number of aromatic nitrogens is 2. The lowest BCUT2D eigenvalue weighted by molar-refractivity contribution is -0.112. The quantitative estimate of drug-likeness (QED) is 0.296. The van der Waals surface area contributed by atoms with Gasteiger partial charge in [0.2, 0.25) is 0 Å². The van der Waals surface area contributed by atoms with Crippen LogP contribution >= 0.6 is 22.9 Å². The van der Waals surface area contributed by atoms with Gasteiger partial charge in [-0.15, -0.1) is 11.3 Å². The van der Waals surface area contributed by atoms with E-state index in [1.165, 1.54) is 30.2 Å². The van der Waals surface area contributed by atoms with Crippen LogP contribution in [0.15, 0.2) is 54.0 Å². The van der Waals surface area contributed by atoms with Gasteiger partial charge >= 0.3 is 0 Å². The summed E-state index contributed by atoms with van der Waals surface area (Å²) in [7, 11) is 1.51. The number of rotatable bonds is 7. The van der Waals surface area contributed by atoms with Crippen LogP contribution in [0.4, 0.5) is 5.13 Å². The molecule has 2 amide bonds. The van der Waals surface area contributed by atoms with E-state index in [1.54, 1.807) is 17.5 Å². The number of Topliss-reactive ketones (excluding diaryl/α,β-unsaturated/α-hetero) is 1. The Balaban J connectivity index is 1.38. The lowest BCUT2D eigenvalue weighted by atomic mass is 9.99. The van der Waals surface area contributed by atoms with Gasteiger partial charge in [0.05, 0.1) is 17.4 Å². The number of anilines is 1. The van der Waals surface area contributed by atoms with Crippen molar-refractivity contribution in [2.75, 3.05) is 25.5 Å². The summed E-state index contributed by atoms with van der Waals surface area (Å²) in [6.07, 6.45) is 3.38. The summed E-state index contributed by atoms with van der Waals surface area (Å²) < 4.78 is 10.4. The Bertz CT molecular complexity index is 1390. The van der Waals surface area contributed by atoms with E-state index in [9.17, 15) is 14.4 Å². The maximum absolute atomic E-state index is 13.5. The topological polar surface area (TPSA) is 101 Å². The first-order valence-electron chi connectivity index (χ1n) is 11.1. The van der Waals surface area contributed by atoms with Gasteiger partial charge in [-0.25, -0.2) is 4.98 Å². The number of methoxy groups -OCH3 is 1. The molecule has 1 unspecified atom stereocenters. The van der Waals surface area contributed by atoms with Gasteiger partial charge in [-0.05, 0) is 41.9 Å². The normalized spacial score (nSPS) is 15.3. The first kappa shape index (κ1) is 23.1. The summed E-state index contributed by atoms with van der Waals surface area (Å²) >= 11 is 2.30. The number of carbonyl (C=O) groups is 3. The molecule has 0 spiro atoms. The molecule has 178 valence electrons. The number of hydrogen-bond acceptors (Lipinski definition) is 8. The highest BCUT2D eigenvalue weighted by atomic mass is 32.1. The van der Waals surface area contributed by atoms with E-state index in [1.807, 2.05) is 23.1 Å². The van der Waals surface area contributed by atoms with Gasteiger partial charge in [0, 0.05) is 36.1 Å². The minimum absolute atomic E-state index is 0.0131. The molecule has 0 aliphatic carbocycles. The van der Waals surface area contributed by atoms with Crippen LogP contribution in [0.1, 0.15) is 32.8 Å². The number of thiazole rings is 1. The Morgan fingerprint density at radius 1 is 1.20 bits per heavy atom. The number of ketones is 1. The van der Waals surface area contributed by atoms with E-state index in [-0.39, 0.29) is 11.6 Å². The fourth-order valence-electron chi connectivity index (χ4n) is 4.31. The summed E-state index contributed by atoms with van der Waals surface area (Å²) in [6.45, 7) is 1.31. The van der Waals surface area contributed by atoms with Gasteiger partial charge in [0.1, 0.15) is 11.4 Å². The second-order valence-electron chi connectivity index (χ2n) is 8.30. The molecule has 3 heterocycles. The first-order chi connectivity index (χ1) is 17.0. The molecule has 8 nitrogen and oxygen atoms in total. The molecule has 1 N–H and O–H groups in total. The molecule has 10 heteroatoms. The lowest BCUT2D eigenvalue weighted by Gasteiger charge is -2.18. The molecule has 0 bridgehead atoms. The molecule has 1 aliphatic heterocycles. The van der Waals surface area contributed by atoms with E-state index in [0.717, 1.165) is 24.4 Å². The van der Waals surface area contributed by atoms with Crippen molar-refractivity contribution in [1.82, 2.24) is 14.3 Å². The molecule has 4 aromatic rings. The molecule has 0 saturated carbocycles. The fourth-order valence-corrected chi connectivity index (χ4v) is 5.62. The summed E-state index contributed by atoms with van der Waals surface area (Å²) in [4.78, 5) is 44.6. The molecule has 1 atom stereocenters. The van der Waals surface area contributed by atoms with E-state index in [4.69, 9.17) is 4.74 Å². The second-order valence-corrected chi connectivity index (χ2v) is 10.00. The smallest absolute Gasteiger partial charge is 0.300 e. The Labute approximate surface area is 209 Å². The minimum atomic E-state index is -0.820. The zero-order chi connectivity index (χ0) is 24.4. The second kappa shape index (κ2) is 9.93. The number of amides is 2. The number of hydrogen-bond donors (Lipinski definition) is 1. The van der Waals surface area contributed by atoms with Gasteiger partial charge in [0.15, 0.2) is 5.13 Å². The van der Waals surface area contributed by atoms with Crippen molar-refractivity contribution in [2.24, 2.45) is 5.92 Å². The number of fused-ring (bicyclic) bond motifs is 1. The van der Waals surface area contributed by atoms with Crippen molar-refractivity contribution in [3.05, 3.63) is 70.9 Å². The van der Waals surface area contributed by atoms with Crippen LogP contribution in [0, 0.1) is 5.92 Å². The lowest BCUT2D eigenvalue weighted by Crippen LogP contribution is -2.29. The Kier molecular flexibility index (Phi) is 6.56. The van der Waals surface area contributed by atoms with Crippen molar-refractivity contribution in [1.29, 1.82) is 0 Å². The van der Waals surface area contributed by atoms with Crippen molar-refractivity contribution < 1.29 is 19.1 Å². The molecule has 5 rings (SSSR count). The van der Waals surface area contributed by atoms with Crippen LogP contribution in [0.3, 0.4) is 0 Å². The standard InChI is InChI=1S/C25H22N4O4S2/c1-33-19-13-20-18(21(28-35-20)22(30)23(31)27-25-26-8-10-34-25)12-17(19)24(32)29-9-7-16(14-29)11-15-5-3-2-4-6-15/h2-6,8,10,12-13,16H,7,9,11,14H2,1H3,(H,26,27,31). The highest BCUT2D eigenvalue weighted by Gasteiger charge is 2.30. The molecule has 1 saturated heterocycles. The number of ether oxygens (including phenoxy) is 1. The summed E-state index contributed by atoms with van der Waals surface area (Å²) in [5, 5.41) is 4.98. The van der Waals surface area contributed by atoms with E-state index in [0.29, 0.717) is 45.5 Å². The average molecular weight is 507 g/mol. The molecule has 35 heavy (non-hydrogen) atoms. The van der Waals surface area contributed by atoms with Gasteiger partial charge in [-0.1, -0.05) is 30.3 Å². The number of nitrogens with zero attached hydrogens (tertiary/aromatic N) is 3. The van der Waals surface area contributed by atoms with Gasteiger partial charge in [-0.3, -0.25) is 19.7 Å². The van der Waals surface area contributed by atoms with Gasteiger partial charge in [0.25, 0.3) is 17.6 Å². The van der Waals surface area contributed by atoms with E-state index in [2.05, 4.69) is 26.8 Å². The first-order valence-corrected chi connectivity index (χ1v) is 12.7. The maximum Gasteiger partial charge on any atom is 0.300 e. The SMILES string of the molecule is COc1cc2snc(C(=O)C(=O)Nc3nccs3)c2cc1C(=O)N1CCC(Cc2ccccc2)C1. The Hall–Kier alpha value is -3.63. The van der Waals surface area contributed by atoms with Crippen molar-refractivity contribution >= 4 is 55.7 Å². The highest BCUT2D eigenvalue weighted by Crippen LogP contribution is 2.33. The Morgan fingerprint density at radius 3 is 2.77 bits per heavy atom. The number of carbonyl (C=O) groups excluding carboxylic acids is 3. The minimum Gasteiger partial charge on any atom is -0.496 e. The van der Waals surface area contributed by atoms with Crippen LogP contribution in [-0.2, 0) is 11.2 Å². The maximum atomic E-state index is 13.5. The molecule has 2 aromatic heterocycles. The van der Waals surface area contributed by atoms with Crippen molar-refractivity contribution in [2.45, 2.75) is 12.8 Å². The third-order valence-electron chi connectivity index (χ3n) is 6.04. The molecule has 1 fully saturated rings. The summed E-state index contributed by atoms with van der Waals surface area (Å²) in [5.41, 5.74) is 1.63. The van der Waals surface area contributed by atoms with Crippen LogP contribution in [0.5, 0.6) is 5.75 Å². The summed E-state index contributed by atoms with van der Waals surface area (Å²) in [6, 6.07) is 13.6. The third-order valence-corrected chi connectivity index (χ3v) is 7.53. The van der Waals surface area contributed by atoms with Crippen molar-refractivity contribution in [3.8, 4) is 5.75 Å². The van der Waals surface area contributed by atoms with E-state index >= 15 is 0 Å². The molecule has 2 aromatic carbocycles. The predicted molar refractivity (Wildman–Crippen MR) is 135 cm³/mol. The predicted octanol–water partition coefficient (Wildman–Crippen LogP) is 4.29. The number of nitrogens with one attached hydrogen (secondary N) is 1. The van der Waals surface area contributed by atoms with E-state index < -0.39 is 11.7 Å². The van der Waals surface area contributed by atoms with Crippen LogP contribution in [0.25, 0.3) is 10.1 Å². The zero-order valence-electron chi connectivity index (χ0n) is 18.9. The van der Waals surface area contributed by atoms with Crippen LogP contribution in [0.2, 0.25) is 0 Å². The fraction of sp³-hybridized carbons (Fsp3) is 0.240. The molecule has 1 aliphatic rings. The molecular weight excluding hydrogens is 484 g/mol. The molecular formula is C25H22N4O4S2. The van der Waals surface area contributed by atoms with Crippen molar-refractivity contribution in [3.63, 3.8) is 0 Å². The van der Waals surface area contributed by atoms with Gasteiger partial charge in [-0.2, -0.15) is 4.37 Å². The third kappa shape index (κ3) is 4.80. The number of benzene rings is 2. The largest absolute Gasteiger partial charge is 0.496 e.